The van der Waals surface area contributed by atoms with Crippen molar-refractivity contribution in [3.05, 3.63) is 0 Å². The third-order valence-corrected chi connectivity index (χ3v) is 3.41. The second-order valence-corrected chi connectivity index (χ2v) is 4.75. The summed E-state index contributed by atoms with van der Waals surface area (Å²) >= 11 is 0. The Labute approximate surface area is 92.6 Å². The van der Waals surface area contributed by atoms with Crippen LogP contribution in [0.3, 0.4) is 0 Å². The van der Waals surface area contributed by atoms with E-state index in [-0.39, 0.29) is 5.97 Å². The van der Waals surface area contributed by atoms with Crippen molar-refractivity contribution in [2.24, 2.45) is 11.3 Å². The number of carbonyl (C=O) groups excluding carboxylic acids is 1. The molecule has 0 bridgehead atoms. The molecule has 1 saturated carbocycles. The van der Waals surface area contributed by atoms with Crippen LogP contribution in [0.2, 0.25) is 0 Å². The molecule has 0 aromatic rings. The molecule has 88 valence electrons. The Morgan fingerprint density at radius 1 is 1.47 bits per heavy atom. The van der Waals surface area contributed by atoms with Crippen LogP contribution in [0.5, 0.6) is 0 Å². The summed E-state index contributed by atoms with van der Waals surface area (Å²) in [6.45, 7) is 8.66. The van der Waals surface area contributed by atoms with Gasteiger partial charge >= 0.3 is 5.97 Å². The Balaban J connectivity index is 2.05. The van der Waals surface area contributed by atoms with Crippen LogP contribution >= 0.6 is 0 Å². The van der Waals surface area contributed by atoms with Crippen LogP contribution in [0.1, 0.15) is 40.0 Å². The number of nitrogens with one attached hydrogen (secondary N) is 1. The summed E-state index contributed by atoms with van der Waals surface area (Å²) < 4.78 is 4.86. The van der Waals surface area contributed by atoms with E-state index in [1.807, 2.05) is 6.92 Å². The molecule has 1 rings (SSSR count). The summed E-state index contributed by atoms with van der Waals surface area (Å²) in [6.07, 6.45) is 3.15. The highest BCUT2D eigenvalue weighted by Gasteiger charge is 2.44. The molecule has 0 spiro atoms. The summed E-state index contributed by atoms with van der Waals surface area (Å²) in [7, 11) is 0. The summed E-state index contributed by atoms with van der Waals surface area (Å²) in [5.74, 6) is 0.645. The molecule has 0 saturated heterocycles. The lowest BCUT2D eigenvalue weighted by atomic mass is 9.92. The van der Waals surface area contributed by atoms with Crippen molar-refractivity contribution in [2.75, 3.05) is 19.7 Å². The first-order valence-corrected chi connectivity index (χ1v) is 5.97. The van der Waals surface area contributed by atoms with E-state index < -0.39 is 0 Å². The SMILES string of the molecule is CCOC(=O)CCNCC1(C(C)C)CC1. The van der Waals surface area contributed by atoms with E-state index in [0.29, 0.717) is 18.4 Å². The normalized spacial score (nSPS) is 17.9. The number of ether oxygens (including phenoxy) is 1. The van der Waals surface area contributed by atoms with Crippen LogP contribution in [0.15, 0.2) is 0 Å². The highest BCUT2D eigenvalue weighted by atomic mass is 16.5. The lowest BCUT2D eigenvalue weighted by Gasteiger charge is -2.19. The number of rotatable bonds is 7. The minimum atomic E-state index is -0.0978. The van der Waals surface area contributed by atoms with E-state index in [4.69, 9.17) is 4.74 Å². The van der Waals surface area contributed by atoms with Gasteiger partial charge < -0.3 is 10.1 Å². The first kappa shape index (κ1) is 12.5. The minimum Gasteiger partial charge on any atom is -0.466 e. The molecular formula is C12H23NO2. The molecule has 0 aliphatic heterocycles. The third kappa shape index (κ3) is 3.82. The van der Waals surface area contributed by atoms with E-state index >= 15 is 0 Å². The Morgan fingerprint density at radius 3 is 2.60 bits per heavy atom. The van der Waals surface area contributed by atoms with E-state index in [2.05, 4.69) is 19.2 Å². The molecule has 0 aromatic heterocycles. The van der Waals surface area contributed by atoms with Crippen molar-refractivity contribution in [1.82, 2.24) is 5.32 Å². The van der Waals surface area contributed by atoms with Gasteiger partial charge in [0.15, 0.2) is 0 Å². The number of esters is 1. The Kier molecular flexibility index (Phi) is 4.58. The van der Waals surface area contributed by atoms with Gasteiger partial charge in [-0.1, -0.05) is 13.8 Å². The predicted molar refractivity (Wildman–Crippen MR) is 60.6 cm³/mol. The van der Waals surface area contributed by atoms with E-state index in [1.165, 1.54) is 12.8 Å². The number of hydrogen-bond acceptors (Lipinski definition) is 3. The first-order valence-electron chi connectivity index (χ1n) is 5.97. The molecule has 1 aliphatic carbocycles. The molecule has 0 aromatic carbocycles. The molecule has 0 unspecified atom stereocenters. The molecule has 0 atom stereocenters. The van der Waals surface area contributed by atoms with Gasteiger partial charge in [-0.3, -0.25) is 4.79 Å². The fourth-order valence-electron chi connectivity index (χ4n) is 1.88. The second-order valence-electron chi connectivity index (χ2n) is 4.75. The lowest BCUT2D eigenvalue weighted by molar-refractivity contribution is -0.142. The Hall–Kier alpha value is -0.570. The monoisotopic (exact) mass is 213 g/mol. The zero-order valence-electron chi connectivity index (χ0n) is 10.1. The Morgan fingerprint density at radius 2 is 2.13 bits per heavy atom. The number of hydrogen-bond donors (Lipinski definition) is 1. The van der Waals surface area contributed by atoms with Gasteiger partial charge in [-0.15, -0.1) is 0 Å². The maximum Gasteiger partial charge on any atom is 0.307 e. The molecule has 0 radical (unpaired) electrons. The molecule has 1 N–H and O–H groups in total. The van der Waals surface area contributed by atoms with Crippen molar-refractivity contribution < 1.29 is 9.53 Å². The van der Waals surface area contributed by atoms with Crippen LogP contribution in [0, 0.1) is 11.3 Å². The molecule has 1 fully saturated rings. The van der Waals surface area contributed by atoms with Crippen LogP contribution < -0.4 is 5.32 Å². The molecular weight excluding hydrogens is 190 g/mol. The van der Waals surface area contributed by atoms with E-state index in [1.54, 1.807) is 0 Å². The summed E-state index contributed by atoms with van der Waals surface area (Å²) in [4.78, 5) is 11.1. The predicted octanol–water partition coefficient (Wildman–Crippen LogP) is 1.97. The summed E-state index contributed by atoms with van der Waals surface area (Å²) in [6, 6.07) is 0. The summed E-state index contributed by atoms with van der Waals surface area (Å²) in [5.41, 5.74) is 0.522. The average Bonchev–Trinajstić information content (AvgIpc) is 2.94. The molecule has 3 heteroatoms. The quantitative estimate of drug-likeness (QED) is 0.519. The van der Waals surface area contributed by atoms with Gasteiger partial charge in [-0.25, -0.2) is 0 Å². The van der Waals surface area contributed by atoms with Gasteiger partial charge in [0.25, 0.3) is 0 Å². The third-order valence-electron chi connectivity index (χ3n) is 3.41. The number of carbonyl (C=O) groups is 1. The van der Waals surface area contributed by atoms with Crippen molar-refractivity contribution >= 4 is 5.97 Å². The van der Waals surface area contributed by atoms with E-state index in [9.17, 15) is 4.79 Å². The average molecular weight is 213 g/mol. The van der Waals surface area contributed by atoms with Crippen molar-refractivity contribution in [1.29, 1.82) is 0 Å². The highest BCUT2D eigenvalue weighted by Crippen LogP contribution is 2.51. The van der Waals surface area contributed by atoms with Gasteiger partial charge in [-0.2, -0.15) is 0 Å². The maximum atomic E-state index is 11.1. The van der Waals surface area contributed by atoms with Crippen molar-refractivity contribution in [2.45, 2.75) is 40.0 Å². The molecule has 0 heterocycles. The minimum absolute atomic E-state index is 0.0978. The van der Waals surface area contributed by atoms with Gasteiger partial charge in [0.05, 0.1) is 13.0 Å². The molecule has 3 nitrogen and oxygen atoms in total. The zero-order valence-corrected chi connectivity index (χ0v) is 10.1. The van der Waals surface area contributed by atoms with Crippen LogP contribution in [-0.2, 0) is 9.53 Å². The van der Waals surface area contributed by atoms with Crippen LogP contribution in [-0.4, -0.2) is 25.7 Å². The maximum absolute atomic E-state index is 11.1. The van der Waals surface area contributed by atoms with Gasteiger partial charge in [0.1, 0.15) is 0 Å². The Bertz CT molecular complexity index is 210. The topological polar surface area (TPSA) is 38.3 Å². The zero-order chi connectivity index (χ0) is 11.3. The van der Waals surface area contributed by atoms with Crippen molar-refractivity contribution in [3.8, 4) is 0 Å². The largest absolute Gasteiger partial charge is 0.466 e. The van der Waals surface area contributed by atoms with Crippen molar-refractivity contribution in [3.63, 3.8) is 0 Å². The van der Waals surface area contributed by atoms with Crippen LogP contribution in [0.25, 0.3) is 0 Å². The van der Waals surface area contributed by atoms with Gasteiger partial charge in [0.2, 0.25) is 0 Å². The molecule has 1 aliphatic rings. The second kappa shape index (κ2) is 5.50. The fraction of sp³-hybridized carbons (Fsp3) is 0.917. The smallest absolute Gasteiger partial charge is 0.307 e. The fourth-order valence-corrected chi connectivity index (χ4v) is 1.88. The lowest BCUT2D eigenvalue weighted by Crippen LogP contribution is -2.29. The highest BCUT2D eigenvalue weighted by molar-refractivity contribution is 5.69. The summed E-state index contributed by atoms with van der Waals surface area (Å²) in [5, 5.41) is 3.36. The van der Waals surface area contributed by atoms with Crippen LogP contribution in [0.4, 0.5) is 0 Å². The van der Waals surface area contributed by atoms with E-state index in [0.717, 1.165) is 19.0 Å². The molecule has 0 amide bonds. The van der Waals surface area contributed by atoms with Gasteiger partial charge in [-0.05, 0) is 31.1 Å². The standard InChI is InChI=1S/C12H23NO2/c1-4-15-11(14)5-8-13-9-12(6-7-12)10(2)3/h10,13H,4-9H2,1-3H3. The first-order chi connectivity index (χ1) is 7.10. The molecule has 15 heavy (non-hydrogen) atoms. The van der Waals surface area contributed by atoms with Gasteiger partial charge in [0, 0.05) is 13.1 Å².